The first kappa shape index (κ1) is 20.3. The van der Waals surface area contributed by atoms with Crippen LogP contribution < -0.4 is 0 Å². The molecule has 0 spiro atoms. The van der Waals surface area contributed by atoms with Gasteiger partial charge in [0.25, 0.3) is 0 Å². The number of hydrogen-bond donors (Lipinski definition) is 0. The minimum Gasteiger partial charge on any atom is -0.302 e. The summed E-state index contributed by atoms with van der Waals surface area (Å²) < 4.78 is 39.8. The van der Waals surface area contributed by atoms with Gasteiger partial charge in [-0.3, -0.25) is 0 Å². The lowest BCUT2D eigenvalue weighted by atomic mass is 9.87. The molecule has 3 rings (SSSR count). The molecule has 28 heavy (non-hydrogen) atoms. The second-order valence-corrected chi connectivity index (χ2v) is 8.22. The molecule has 2 aromatic heterocycles. The first-order valence-corrected chi connectivity index (χ1v) is 9.54. The van der Waals surface area contributed by atoms with E-state index in [0.29, 0.717) is 22.6 Å². The summed E-state index contributed by atoms with van der Waals surface area (Å²) in [5.74, 6) is 0.699. The van der Waals surface area contributed by atoms with Crippen molar-refractivity contribution >= 4 is 11.8 Å². The van der Waals surface area contributed by atoms with Crippen LogP contribution in [0.2, 0.25) is 0 Å². The molecule has 9 heteroatoms. The van der Waals surface area contributed by atoms with Crippen molar-refractivity contribution in [3.8, 4) is 11.4 Å². The van der Waals surface area contributed by atoms with Crippen LogP contribution in [0.15, 0.2) is 46.6 Å². The van der Waals surface area contributed by atoms with E-state index in [-0.39, 0.29) is 5.41 Å². The van der Waals surface area contributed by atoms with Gasteiger partial charge < -0.3 is 4.57 Å². The van der Waals surface area contributed by atoms with Crippen LogP contribution in [0.4, 0.5) is 13.2 Å². The summed E-state index contributed by atoms with van der Waals surface area (Å²) in [7, 11) is 0. The zero-order chi connectivity index (χ0) is 20.5. The van der Waals surface area contributed by atoms with Crippen LogP contribution in [-0.4, -0.2) is 25.0 Å². The molecule has 2 heterocycles. The van der Waals surface area contributed by atoms with Crippen LogP contribution >= 0.6 is 11.8 Å². The molecule has 0 amide bonds. The monoisotopic (exact) mass is 407 g/mol. The Bertz CT molecular complexity index is 942. The van der Waals surface area contributed by atoms with Gasteiger partial charge in [0, 0.05) is 12.1 Å². The number of benzene rings is 1. The van der Waals surface area contributed by atoms with Crippen LogP contribution in [-0.2, 0) is 18.1 Å². The molecule has 0 fully saturated rings. The summed E-state index contributed by atoms with van der Waals surface area (Å²) in [6.07, 6.45) is -4.51. The van der Waals surface area contributed by atoms with Crippen molar-refractivity contribution < 1.29 is 13.2 Å². The normalized spacial score (nSPS) is 12.4. The molecule has 0 aliphatic carbocycles. The topological polar surface area (TPSA) is 56.5 Å². The SMILES string of the molecule is CCn1c(Sc2ccc(C(F)(F)F)nn2)nnc1-c1ccc(C(C)(C)C)cc1. The maximum absolute atomic E-state index is 12.6. The van der Waals surface area contributed by atoms with Gasteiger partial charge >= 0.3 is 6.18 Å². The van der Waals surface area contributed by atoms with Crippen molar-refractivity contribution in [3.63, 3.8) is 0 Å². The fourth-order valence-electron chi connectivity index (χ4n) is 2.60. The summed E-state index contributed by atoms with van der Waals surface area (Å²) in [5.41, 5.74) is 1.17. The van der Waals surface area contributed by atoms with E-state index in [1.165, 1.54) is 11.6 Å². The second kappa shape index (κ2) is 7.54. The van der Waals surface area contributed by atoms with Gasteiger partial charge in [0.1, 0.15) is 5.03 Å². The standard InChI is InChI=1S/C19H20F3N5S/c1-5-27-16(12-6-8-13(9-7-12)18(2,3)4)25-26-17(27)28-15-11-10-14(23-24-15)19(20,21)22/h6-11H,5H2,1-4H3. The Morgan fingerprint density at radius 1 is 0.893 bits per heavy atom. The Labute approximate surface area is 165 Å². The van der Waals surface area contributed by atoms with Gasteiger partial charge in [0.15, 0.2) is 16.7 Å². The van der Waals surface area contributed by atoms with Crippen molar-refractivity contribution in [3.05, 3.63) is 47.7 Å². The minimum absolute atomic E-state index is 0.0548. The van der Waals surface area contributed by atoms with Gasteiger partial charge in [-0.1, -0.05) is 45.0 Å². The largest absolute Gasteiger partial charge is 0.435 e. The van der Waals surface area contributed by atoms with Crippen LogP contribution in [0.3, 0.4) is 0 Å². The third-order valence-corrected chi connectivity index (χ3v) is 5.08. The summed E-state index contributed by atoms with van der Waals surface area (Å²) in [6, 6.07) is 10.3. The van der Waals surface area contributed by atoms with Crippen molar-refractivity contribution in [2.24, 2.45) is 0 Å². The number of nitrogens with zero attached hydrogens (tertiary/aromatic N) is 5. The van der Waals surface area contributed by atoms with E-state index in [9.17, 15) is 13.2 Å². The molecule has 0 saturated carbocycles. The van der Waals surface area contributed by atoms with Gasteiger partial charge in [-0.05, 0) is 41.8 Å². The molecule has 148 valence electrons. The molecule has 0 atom stereocenters. The van der Waals surface area contributed by atoms with Crippen molar-refractivity contribution in [1.82, 2.24) is 25.0 Å². The van der Waals surface area contributed by atoms with Gasteiger partial charge in [-0.15, -0.1) is 20.4 Å². The van der Waals surface area contributed by atoms with E-state index in [4.69, 9.17) is 0 Å². The highest BCUT2D eigenvalue weighted by atomic mass is 32.2. The van der Waals surface area contributed by atoms with Gasteiger partial charge in [0.05, 0.1) is 0 Å². The quantitative estimate of drug-likeness (QED) is 0.593. The van der Waals surface area contributed by atoms with Gasteiger partial charge in [0.2, 0.25) is 0 Å². The lowest BCUT2D eigenvalue weighted by molar-refractivity contribution is -0.141. The fraction of sp³-hybridized carbons (Fsp3) is 0.368. The van der Waals surface area contributed by atoms with Crippen LogP contribution in [0, 0.1) is 0 Å². The molecule has 0 bridgehead atoms. The van der Waals surface area contributed by atoms with Gasteiger partial charge in [-0.2, -0.15) is 13.2 Å². The first-order valence-electron chi connectivity index (χ1n) is 8.72. The lowest BCUT2D eigenvalue weighted by Crippen LogP contribution is -2.10. The molecule has 5 nitrogen and oxygen atoms in total. The third-order valence-electron chi connectivity index (χ3n) is 4.17. The molecule has 3 aromatic rings. The minimum atomic E-state index is -4.51. The third kappa shape index (κ3) is 4.35. The average Bonchev–Trinajstić information content (AvgIpc) is 3.03. The number of hydrogen-bond acceptors (Lipinski definition) is 5. The number of aromatic nitrogens is 5. The predicted molar refractivity (Wildman–Crippen MR) is 101 cm³/mol. The molecule has 0 saturated heterocycles. The van der Waals surface area contributed by atoms with E-state index < -0.39 is 11.9 Å². The van der Waals surface area contributed by atoms with Crippen molar-refractivity contribution in [2.75, 3.05) is 0 Å². The maximum Gasteiger partial charge on any atom is 0.435 e. The summed E-state index contributed by atoms with van der Waals surface area (Å²) in [5, 5.41) is 16.2. The van der Waals surface area contributed by atoms with E-state index in [1.54, 1.807) is 0 Å². The molecule has 0 N–H and O–H groups in total. The molecular formula is C19H20F3N5S. The Kier molecular flexibility index (Phi) is 5.47. The lowest BCUT2D eigenvalue weighted by Gasteiger charge is -2.19. The van der Waals surface area contributed by atoms with Crippen LogP contribution in [0.25, 0.3) is 11.4 Å². The Morgan fingerprint density at radius 3 is 2.07 bits per heavy atom. The van der Waals surface area contributed by atoms with Crippen molar-refractivity contribution in [2.45, 2.75) is 56.0 Å². The zero-order valence-corrected chi connectivity index (χ0v) is 16.8. The second-order valence-electron chi connectivity index (χ2n) is 7.23. The number of rotatable bonds is 4. The summed E-state index contributed by atoms with van der Waals surface area (Å²) >= 11 is 1.13. The summed E-state index contributed by atoms with van der Waals surface area (Å²) in [4.78, 5) is 0. The van der Waals surface area contributed by atoms with E-state index in [1.807, 2.05) is 23.6 Å². The Morgan fingerprint density at radius 2 is 1.57 bits per heavy atom. The van der Waals surface area contributed by atoms with E-state index in [0.717, 1.165) is 23.4 Å². The number of alkyl halides is 3. The summed E-state index contributed by atoms with van der Waals surface area (Å²) in [6.45, 7) is 9.02. The zero-order valence-electron chi connectivity index (χ0n) is 15.9. The fourth-order valence-corrected chi connectivity index (χ4v) is 3.41. The Hall–Kier alpha value is -2.42. The van der Waals surface area contributed by atoms with Crippen LogP contribution in [0.5, 0.6) is 0 Å². The first-order chi connectivity index (χ1) is 13.1. The molecule has 0 unspecified atom stereocenters. The van der Waals surface area contributed by atoms with E-state index >= 15 is 0 Å². The highest BCUT2D eigenvalue weighted by Gasteiger charge is 2.33. The molecular weight excluding hydrogens is 387 g/mol. The molecule has 1 aromatic carbocycles. The smallest absolute Gasteiger partial charge is 0.302 e. The molecule has 0 aliphatic rings. The predicted octanol–water partition coefficient (Wildman–Crippen LogP) is 5.22. The molecule has 0 aliphatic heterocycles. The average molecular weight is 407 g/mol. The highest BCUT2D eigenvalue weighted by molar-refractivity contribution is 7.99. The van der Waals surface area contributed by atoms with E-state index in [2.05, 4.69) is 53.3 Å². The van der Waals surface area contributed by atoms with Gasteiger partial charge in [-0.25, -0.2) is 0 Å². The maximum atomic E-state index is 12.6. The number of halogens is 3. The highest BCUT2D eigenvalue weighted by Crippen LogP contribution is 2.31. The molecule has 0 radical (unpaired) electrons. The Balaban J connectivity index is 1.86. The van der Waals surface area contributed by atoms with Crippen molar-refractivity contribution in [1.29, 1.82) is 0 Å². The van der Waals surface area contributed by atoms with Crippen LogP contribution in [0.1, 0.15) is 39.0 Å².